The van der Waals surface area contributed by atoms with Crippen LogP contribution in [0.3, 0.4) is 0 Å². The van der Waals surface area contributed by atoms with Crippen LogP contribution in [0.1, 0.15) is 56.1 Å². The number of aromatic hydroxyl groups is 1. The number of hydrogen-bond donors (Lipinski definition) is 2. The van der Waals surface area contributed by atoms with Gasteiger partial charge in [0.15, 0.2) is 11.2 Å². The predicted molar refractivity (Wildman–Crippen MR) is 130 cm³/mol. The van der Waals surface area contributed by atoms with Crippen molar-refractivity contribution in [2.75, 3.05) is 0 Å². The minimum Gasteiger partial charge on any atom is -0.508 e. The molecular formula is C26H34N4O4. The quantitative estimate of drug-likeness (QED) is 0.530. The second kappa shape index (κ2) is 8.12. The molecule has 0 amide bonds. The van der Waals surface area contributed by atoms with Gasteiger partial charge < -0.3 is 14.8 Å². The van der Waals surface area contributed by atoms with Crippen LogP contribution in [0.4, 0.5) is 0 Å². The van der Waals surface area contributed by atoms with Gasteiger partial charge in [-0.05, 0) is 85.0 Å². The van der Waals surface area contributed by atoms with Crippen LogP contribution in [0, 0.1) is 17.3 Å². The summed E-state index contributed by atoms with van der Waals surface area (Å²) in [5, 5.41) is 20.0. The van der Waals surface area contributed by atoms with Gasteiger partial charge in [-0.3, -0.25) is 13.9 Å². The zero-order valence-electron chi connectivity index (χ0n) is 20.4. The molecule has 2 fully saturated rings. The molecule has 0 saturated heterocycles. The number of aryl methyl sites for hydroxylation is 3. The van der Waals surface area contributed by atoms with E-state index in [1.165, 1.54) is 48.3 Å². The molecule has 182 valence electrons. The highest BCUT2D eigenvalue weighted by Gasteiger charge is 2.54. The number of imidazole rings is 1. The average Bonchev–Trinajstić information content (AvgIpc) is 3.36. The summed E-state index contributed by atoms with van der Waals surface area (Å²) in [6.45, 7) is 2.32. The monoisotopic (exact) mass is 466 g/mol. The SMILES string of the molecule is C[C@]12CC[C@@H]3c4ccc(O)cc4CC[C@H]3[C@@H]1CC[C@@H]2O.Cn1c(=O)c2c(ncn2C)n(C)c1=O. The molecule has 2 heterocycles. The standard InChI is InChI=1S/C18H24O2.C8H10N4O2/c1-18-9-8-14-13-5-3-12(19)10-11(13)2-4-15(14)16(18)6-7-17(18)20;1-10-4-9-6-5(10)7(13)12(3)8(14)11(6)2/h3,5,10,14-17,19-20H,2,4,6-9H2,1H3;4H,1-3H3/t14-,15-,16+,17+,18+;/m1./s1. The first-order valence-corrected chi connectivity index (χ1v) is 12.2. The van der Waals surface area contributed by atoms with Crippen molar-refractivity contribution in [3.63, 3.8) is 0 Å². The van der Waals surface area contributed by atoms with Gasteiger partial charge in [0.25, 0.3) is 5.56 Å². The number of benzene rings is 1. The number of hydrogen-bond acceptors (Lipinski definition) is 5. The Hall–Kier alpha value is -2.87. The maximum atomic E-state index is 11.7. The molecule has 3 aliphatic rings. The lowest BCUT2D eigenvalue weighted by molar-refractivity contribution is -0.0226. The van der Waals surface area contributed by atoms with Gasteiger partial charge in [-0.1, -0.05) is 13.0 Å². The number of fused-ring (bicyclic) bond motifs is 6. The van der Waals surface area contributed by atoms with Crippen molar-refractivity contribution in [1.29, 1.82) is 0 Å². The van der Waals surface area contributed by atoms with Crippen molar-refractivity contribution >= 4 is 11.2 Å². The lowest BCUT2D eigenvalue weighted by atomic mass is 9.55. The third-order valence-electron chi connectivity index (χ3n) is 8.98. The first-order chi connectivity index (χ1) is 16.1. The highest BCUT2D eigenvalue weighted by atomic mass is 16.3. The van der Waals surface area contributed by atoms with Crippen molar-refractivity contribution in [3.8, 4) is 5.75 Å². The van der Waals surface area contributed by atoms with E-state index in [4.69, 9.17) is 0 Å². The van der Waals surface area contributed by atoms with Gasteiger partial charge in [0.05, 0.1) is 12.4 Å². The van der Waals surface area contributed by atoms with Crippen LogP contribution in [0.15, 0.2) is 34.1 Å². The molecule has 3 aromatic rings. The highest BCUT2D eigenvalue weighted by Crippen LogP contribution is 2.60. The first-order valence-electron chi connectivity index (χ1n) is 12.2. The maximum Gasteiger partial charge on any atom is 0.332 e. The molecule has 0 bridgehead atoms. The van der Waals surface area contributed by atoms with Crippen molar-refractivity contribution in [3.05, 3.63) is 56.5 Å². The Kier molecular flexibility index (Phi) is 5.47. The molecule has 8 nitrogen and oxygen atoms in total. The van der Waals surface area contributed by atoms with E-state index in [1.807, 2.05) is 12.1 Å². The number of phenolic OH excluding ortho intramolecular Hbond substituents is 1. The number of aromatic nitrogens is 4. The van der Waals surface area contributed by atoms with Crippen molar-refractivity contribution in [2.45, 2.75) is 57.5 Å². The Morgan fingerprint density at radius 3 is 2.59 bits per heavy atom. The minimum absolute atomic E-state index is 0.0883. The fourth-order valence-electron chi connectivity index (χ4n) is 7.01. The first kappa shape index (κ1) is 22.9. The number of rotatable bonds is 0. The fraction of sp³-hybridized carbons (Fsp3) is 0.577. The van der Waals surface area contributed by atoms with Crippen LogP contribution in [0.5, 0.6) is 5.75 Å². The van der Waals surface area contributed by atoms with E-state index in [9.17, 15) is 19.8 Å². The molecule has 5 atom stereocenters. The fourth-order valence-corrected chi connectivity index (χ4v) is 7.01. The predicted octanol–water partition coefficient (Wildman–Crippen LogP) is 2.58. The third kappa shape index (κ3) is 3.34. The van der Waals surface area contributed by atoms with Crippen LogP contribution < -0.4 is 11.2 Å². The zero-order valence-corrected chi connectivity index (χ0v) is 20.4. The van der Waals surface area contributed by atoms with Gasteiger partial charge in [0, 0.05) is 21.1 Å². The van der Waals surface area contributed by atoms with Gasteiger partial charge in [-0.25, -0.2) is 9.78 Å². The van der Waals surface area contributed by atoms with Gasteiger partial charge in [0.2, 0.25) is 0 Å². The molecule has 0 spiro atoms. The second-order valence-corrected chi connectivity index (χ2v) is 10.7. The van der Waals surface area contributed by atoms with Crippen LogP contribution in [0.25, 0.3) is 11.2 Å². The summed E-state index contributed by atoms with van der Waals surface area (Å²) >= 11 is 0. The van der Waals surface area contributed by atoms with Crippen LogP contribution in [-0.4, -0.2) is 35.0 Å². The third-order valence-corrected chi connectivity index (χ3v) is 8.98. The average molecular weight is 467 g/mol. The molecule has 6 rings (SSSR count). The van der Waals surface area contributed by atoms with E-state index in [-0.39, 0.29) is 22.8 Å². The molecule has 0 radical (unpaired) electrons. The van der Waals surface area contributed by atoms with E-state index in [2.05, 4.69) is 18.0 Å². The van der Waals surface area contributed by atoms with E-state index >= 15 is 0 Å². The normalized spacial score (nSPS) is 29.7. The molecule has 1 aromatic carbocycles. The molecule has 8 heteroatoms. The summed E-state index contributed by atoms with van der Waals surface area (Å²) in [6, 6.07) is 5.96. The summed E-state index contributed by atoms with van der Waals surface area (Å²) in [4.78, 5) is 27.2. The van der Waals surface area contributed by atoms with Gasteiger partial charge >= 0.3 is 5.69 Å². The summed E-state index contributed by atoms with van der Waals surface area (Å²) in [7, 11) is 4.77. The lowest BCUT2D eigenvalue weighted by Gasteiger charge is -2.50. The van der Waals surface area contributed by atoms with E-state index in [0.29, 0.717) is 28.7 Å². The van der Waals surface area contributed by atoms with E-state index in [0.717, 1.165) is 29.7 Å². The van der Waals surface area contributed by atoms with Gasteiger partial charge in [-0.2, -0.15) is 0 Å². The van der Waals surface area contributed by atoms with Crippen LogP contribution in [-0.2, 0) is 27.6 Å². The summed E-state index contributed by atoms with van der Waals surface area (Å²) in [5.41, 5.74) is 3.17. The number of aliphatic hydroxyl groups is 1. The zero-order chi connectivity index (χ0) is 24.4. The summed E-state index contributed by atoms with van der Waals surface area (Å²) in [6.07, 6.45) is 8.30. The van der Waals surface area contributed by atoms with E-state index in [1.54, 1.807) is 18.7 Å². The molecule has 0 aliphatic heterocycles. The molecule has 0 unspecified atom stereocenters. The number of aliphatic hydroxyl groups excluding tert-OH is 1. The molecular weight excluding hydrogens is 432 g/mol. The largest absolute Gasteiger partial charge is 0.508 e. The second-order valence-electron chi connectivity index (χ2n) is 10.7. The van der Waals surface area contributed by atoms with Crippen molar-refractivity contribution in [1.82, 2.24) is 18.7 Å². The van der Waals surface area contributed by atoms with Gasteiger partial charge in [0.1, 0.15) is 5.75 Å². The minimum atomic E-state index is -0.360. The number of nitrogens with zero attached hydrogens (tertiary/aromatic N) is 4. The topological polar surface area (TPSA) is 102 Å². The smallest absolute Gasteiger partial charge is 0.332 e. The Morgan fingerprint density at radius 2 is 1.82 bits per heavy atom. The number of phenols is 1. The molecule has 3 aliphatic carbocycles. The molecule has 34 heavy (non-hydrogen) atoms. The lowest BCUT2D eigenvalue weighted by Crippen LogP contribution is -2.43. The van der Waals surface area contributed by atoms with Crippen molar-refractivity contribution in [2.24, 2.45) is 38.4 Å². The summed E-state index contributed by atoms with van der Waals surface area (Å²) < 4.78 is 4.04. The Bertz CT molecular complexity index is 1370. The van der Waals surface area contributed by atoms with Crippen molar-refractivity contribution < 1.29 is 10.2 Å². The Balaban J connectivity index is 0.000000152. The van der Waals surface area contributed by atoms with E-state index < -0.39 is 0 Å². The Labute approximate surface area is 198 Å². The van der Waals surface area contributed by atoms with Crippen LogP contribution in [0.2, 0.25) is 0 Å². The maximum absolute atomic E-state index is 11.7. The highest BCUT2D eigenvalue weighted by molar-refractivity contribution is 5.69. The molecule has 2 aromatic heterocycles. The van der Waals surface area contributed by atoms with Gasteiger partial charge in [-0.15, -0.1) is 0 Å². The molecule has 2 N–H and O–H groups in total. The van der Waals surface area contributed by atoms with Crippen LogP contribution >= 0.6 is 0 Å². The molecule has 2 saturated carbocycles. The summed E-state index contributed by atoms with van der Waals surface area (Å²) in [5.74, 6) is 2.49. The Morgan fingerprint density at radius 1 is 1.06 bits per heavy atom.